The summed E-state index contributed by atoms with van der Waals surface area (Å²) in [6.45, 7) is 8.68. The van der Waals surface area contributed by atoms with E-state index in [-0.39, 0.29) is 29.8 Å². The highest BCUT2D eigenvalue weighted by Gasteiger charge is 2.65. The van der Waals surface area contributed by atoms with Crippen LogP contribution < -0.4 is 4.90 Å². The van der Waals surface area contributed by atoms with E-state index in [9.17, 15) is 14.8 Å². The number of nitroso groups, excluding NO2 is 1. The Morgan fingerprint density at radius 1 is 1.15 bits per heavy atom. The number of carbonyl (C=O) groups is 1. The third kappa shape index (κ3) is 4.53. The number of Topliss-reactive ketones (excluding diaryl/α,β-unsaturated/α-hetero) is 1. The smallest absolute Gasteiger partial charge is 0.151 e. The zero-order chi connectivity index (χ0) is 28.8. The lowest BCUT2D eigenvalue weighted by Crippen LogP contribution is -2.51. The Hall–Kier alpha value is -2.71. The van der Waals surface area contributed by atoms with Crippen LogP contribution in [-0.2, 0) is 4.79 Å². The molecular weight excluding hydrogens is 508 g/mol. The van der Waals surface area contributed by atoms with Crippen LogP contribution in [0.4, 0.5) is 5.69 Å². The van der Waals surface area contributed by atoms with Crippen LogP contribution in [0, 0.1) is 45.3 Å². The molecule has 1 N–H and O–H groups in total. The third-order valence-electron chi connectivity index (χ3n) is 11.7. The van der Waals surface area contributed by atoms with Crippen LogP contribution in [0.25, 0.3) is 0 Å². The van der Waals surface area contributed by atoms with Crippen molar-refractivity contribution in [3.63, 3.8) is 0 Å². The number of nitrogens with zero attached hydrogens (tertiary/aromatic N) is 2. The number of ketones is 1. The second kappa shape index (κ2) is 11.2. The van der Waals surface area contributed by atoms with Gasteiger partial charge in [-0.1, -0.05) is 61.6 Å². The number of benzene rings is 1. The number of anilines is 1. The number of carbonyl (C=O) groups excluding carboxylic acids is 1. The number of fused-ring (bicyclic) bond motifs is 4. The van der Waals surface area contributed by atoms with Crippen LogP contribution in [0.5, 0.6) is 0 Å². The van der Waals surface area contributed by atoms with Gasteiger partial charge in [-0.2, -0.15) is 4.91 Å². The summed E-state index contributed by atoms with van der Waals surface area (Å²) in [6.07, 6.45) is 11.9. The average molecular weight is 555 g/mol. The molecule has 1 heterocycles. The Kier molecular flexibility index (Phi) is 7.74. The lowest BCUT2D eigenvalue weighted by atomic mass is 9.47. The summed E-state index contributed by atoms with van der Waals surface area (Å²) in [4.78, 5) is 27.9. The van der Waals surface area contributed by atoms with Gasteiger partial charge >= 0.3 is 0 Å². The molecular formula is C36H46N2O3. The van der Waals surface area contributed by atoms with Crippen LogP contribution in [0.15, 0.2) is 52.2 Å². The first-order valence-electron chi connectivity index (χ1n) is 16.1. The third-order valence-corrected chi connectivity index (χ3v) is 11.7. The molecule has 218 valence electrons. The Balaban J connectivity index is 1.49. The molecule has 1 aromatic rings. The average Bonchev–Trinajstić information content (AvgIpc) is 3.32. The summed E-state index contributed by atoms with van der Waals surface area (Å²) in [7, 11) is 0. The van der Waals surface area contributed by atoms with Gasteiger partial charge < -0.3 is 10.0 Å². The normalized spacial score (nSPS) is 36.3. The highest BCUT2D eigenvalue weighted by Crippen LogP contribution is 2.70. The first-order valence-corrected chi connectivity index (χ1v) is 16.1. The van der Waals surface area contributed by atoms with Gasteiger partial charge in [0.1, 0.15) is 12.6 Å². The summed E-state index contributed by atoms with van der Waals surface area (Å²) in [5.41, 5.74) is 6.05. The standard InChI is InChI=1S/C36H46N2O3/c1-4-33(40)36(16-8-20-39)17-15-32-30-21-24(2)29-22-26(37-41)11-14-28(29)34(30)31(23-35(32,36)3)25-9-12-27(13-10-25)38-18-6-5-7-19-38/h9-10,12-13,22,24,26,30-32,39H,4-7,11,14-15,17-21,23H2,1-3H3/t24?,26?,30-,31?,32-,35-,36+/m0/s1. The van der Waals surface area contributed by atoms with Crippen molar-refractivity contribution in [1.29, 1.82) is 0 Å². The molecule has 3 fully saturated rings. The fourth-order valence-electron chi connectivity index (χ4n) is 9.78. The van der Waals surface area contributed by atoms with Crippen LogP contribution in [0.2, 0.25) is 0 Å². The van der Waals surface area contributed by atoms with E-state index < -0.39 is 5.41 Å². The van der Waals surface area contributed by atoms with Crippen LogP contribution in [0.1, 0.15) is 96.5 Å². The number of hydrogen-bond donors (Lipinski definition) is 1. The Bertz CT molecular complexity index is 1310. The molecule has 5 heteroatoms. The van der Waals surface area contributed by atoms with Crippen molar-refractivity contribution >= 4 is 11.5 Å². The number of allylic oxidation sites excluding steroid dienone is 3. The van der Waals surface area contributed by atoms with Gasteiger partial charge in [0.25, 0.3) is 0 Å². The maximum absolute atomic E-state index is 13.8. The lowest BCUT2D eigenvalue weighted by molar-refractivity contribution is -0.132. The lowest BCUT2D eigenvalue weighted by Gasteiger charge is -2.55. The van der Waals surface area contributed by atoms with E-state index >= 15 is 0 Å². The highest BCUT2D eigenvalue weighted by molar-refractivity contribution is 5.89. The van der Waals surface area contributed by atoms with E-state index in [0.717, 1.165) is 51.6 Å². The van der Waals surface area contributed by atoms with E-state index in [4.69, 9.17) is 0 Å². The molecule has 2 saturated carbocycles. The summed E-state index contributed by atoms with van der Waals surface area (Å²) in [6, 6.07) is 9.10. The number of hydrogen-bond acceptors (Lipinski definition) is 5. The molecule has 41 heavy (non-hydrogen) atoms. The quantitative estimate of drug-likeness (QED) is 0.305. The van der Waals surface area contributed by atoms with Crippen molar-refractivity contribution in [3.05, 3.63) is 57.5 Å². The van der Waals surface area contributed by atoms with Gasteiger partial charge in [0.15, 0.2) is 5.78 Å². The van der Waals surface area contributed by atoms with Crippen molar-refractivity contribution in [3.8, 4) is 11.8 Å². The van der Waals surface area contributed by atoms with E-state index in [0.29, 0.717) is 24.2 Å². The first kappa shape index (κ1) is 28.4. The molecule has 0 radical (unpaired) electrons. The van der Waals surface area contributed by atoms with Crippen molar-refractivity contribution in [2.24, 2.45) is 33.8 Å². The maximum atomic E-state index is 13.8. The highest BCUT2D eigenvalue weighted by atomic mass is 16.3. The van der Waals surface area contributed by atoms with Gasteiger partial charge in [-0.3, -0.25) is 4.79 Å². The minimum absolute atomic E-state index is 0.210. The molecule has 0 bridgehead atoms. The minimum atomic E-state index is -0.713. The molecule has 5 nitrogen and oxygen atoms in total. The van der Waals surface area contributed by atoms with E-state index in [2.05, 4.69) is 66.1 Å². The maximum Gasteiger partial charge on any atom is 0.151 e. The molecule has 1 aliphatic heterocycles. The number of aliphatic hydroxyl groups excluding tert-OH is 1. The van der Waals surface area contributed by atoms with Gasteiger partial charge in [-0.05, 0) is 110 Å². The van der Waals surface area contributed by atoms with E-state index in [1.54, 1.807) is 5.57 Å². The monoisotopic (exact) mass is 554 g/mol. The van der Waals surface area contributed by atoms with Crippen molar-refractivity contribution in [2.75, 3.05) is 24.6 Å². The zero-order valence-corrected chi connectivity index (χ0v) is 25.1. The second-order valence-electron chi connectivity index (χ2n) is 13.6. The van der Waals surface area contributed by atoms with E-state index in [1.165, 1.54) is 41.7 Å². The van der Waals surface area contributed by atoms with Crippen LogP contribution >= 0.6 is 0 Å². The van der Waals surface area contributed by atoms with E-state index in [1.807, 2.05) is 6.92 Å². The largest absolute Gasteiger partial charge is 0.384 e. The fraction of sp³-hybridized carbons (Fsp3) is 0.639. The molecule has 7 atom stereocenters. The number of rotatable bonds is 5. The molecule has 3 unspecified atom stereocenters. The summed E-state index contributed by atoms with van der Waals surface area (Å²) >= 11 is 0. The molecule has 1 aromatic carbocycles. The van der Waals surface area contributed by atoms with Gasteiger partial charge in [0.2, 0.25) is 0 Å². The van der Waals surface area contributed by atoms with Gasteiger partial charge in [-0.15, -0.1) is 0 Å². The van der Waals surface area contributed by atoms with Crippen molar-refractivity contribution < 1.29 is 9.90 Å². The van der Waals surface area contributed by atoms with Gasteiger partial charge in [-0.25, -0.2) is 0 Å². The predicted octanol–water partition coefficient (Wildman–Crippen LogP) is 7.35. The topological polar surface area (TPSA) is 70.0 Å². The number of aliphatic hydroxyl groups is 1. The van der Waals surface area contributed by atoms with Gasteiger partial charge in [0.05, 0.1) is 5.41 Å². The van der Waals surface area contributed by atoms with Crippen LogP contribution in [-0.4, -0.2) is 36.6 Å². The summed E-state index contributed by atoms with van der Waals surface area (Å²) in [5.74, 6) is 7.95. The number of piperidine rings is 1. The van der Waals surface area contributed by atoms with Gasteiger partial charge in [0, 0.05) is 31.1 Å². The first-order chi connectivity index (χ1) is 19.9. The Labute approximate surface area is 245 Å². The zero-order valence-electron chi connectivity index (χ0n) is 25.1. The molecule has 0 aromatic heterocycles. The molecule has 5 aliphatic rings. The van der Waals surface area contributed by atoms with Crippen molar-refractivity contribution in [1.82, 2.24) is 0 Å². The SMILES string of the molecule is CCC(=O)[C@@]1(C#CCO)CC[C@H]2[C@@H]3CC(C)C4=CC(N=O)CCC4=C3C(c3ccc(N4CCCCC4)cc3)C[C@@]21C. The molecule has 0 spiro atoms. The predicted molar refractivity (Wildman–Crippen MR) is 164 cm³/mol. The second-order valence-corrected chi connectivity index (χ2v) is 13.6. The van der Waals surface area contributed by atoms with Crippen molar-refractivity contribution in [2.45, 2.75) is 96.9 Å². The fourth-order valence-corrected chi connectivity index (χ4v) is 9.78. The summed E-state index contributed by atoms with van der Waals surface area (Å²) < 4.78 is 0. The molecule has 1 saturated heterocycles. The Morgan fingerprint density at radius 3 is 2.59 bits per heavy atom. The molecule has 6 rings (SSSR count). The van der Waals surface area contributed by atoms with Crippen LogP contribution in [0.3, 0.4) is 0 Å². The minimum Gasteiger partial charge on any atom is -0.384 e. The molecule has 4 aliphatic carbocycles. The summed E-state index contributed by atoms with van der Waals surface area (Å²) in [5, 5.41) is 13.1. The molecule has 0 amide bonds. The Morgan fingerprint density at radius 2 is 1.90 bits per heavy atom.